The number of piperazine rings is 1. The van der Waals surface area contributed by atoms with Gasteiger partial charge in [-0.3, -0.25) is 4.90 Å². The van der Waals surface area contributed by atoms with Crippen LogP contribution in [0.3, 0.4) is 0 Å². The normalized spacial score (nSPS) is 21.1. The third-order valence-electron chi connectivity index (χ3n) is 3.68. The maximum absolute atomic E-state index is 3.45. The fraction of sp³-hybridized carbons (Fsp3) is 0.571. The molecule has 2 unspecified atom stereocenters. The first-order valence-electron chi connectivity index (χ1n) is 6.50. The minimum atomic E-state index is 0.411. The fourth-order valence-electron chi connectivity index (χ4n) is 2.65. The zero-order valence-corrected chi connectivity index (χ0v) is 10.8. The highest BCUT2D eigenvalue weighted by atomic mass is 15.2. The van der Waals surface area contributed by atoms with Crippen LogP contribution in [-0.2, 0) is 0 Å². The summed E-state index contributed by atoms with van der Waals surface area (Å²) in [4.78, 5) is 2.56. The SMILES string of the molecule is CNC(c1ccccc1)C(C)N1CCNCC1. The summed E-state index contributed by atoms with van der Waals surface area (Å²) in [6.07, 6.45) is 0. The van der Waals surface area contributed by atoms with E-state index in [9.17, 15) is 0 Å². The molecule has 1 aliphatic rings. The summed E-state index contributed by atoms with van der Waals surface area (Å²) >= 11 is 0. The molecule has 17 heavy (non-hydrogen) atoms. The maximum Gasteiger partial charge on any atom is 0.0473 e. The number of nitrogens with zero attached hydrogens (tertiary/aromatic N) is 1. The fourth-order valence-corrected chi connectivity index (χ4v) is 2.65. The van der Waals surface area contributed by atoms with Gasteiger partial charge in [-0.05, 0) is 19.5 Å². The third-order valence-corrected chi connectivity index (χ3v) is 3.68. The van der Waals surface area contributed by atoms with E-state index in [1.165, 1.54) is 5.56 Å². The monoisotopic (exact) mass is 233 g/mol. The van der Waals surface area contributed by atoms with Crippen LogP contribution in [0.2, 0.25) is 0 Å². The van der Waals surface area contributed by atoms with Crippen LogP contribution in [0.25, 0.3) is 0 Å². The van der Waals surface area contributed by atoms with Crippen LogP contribution in [0.4, 0.5) is 0 Å². The molecule has 2 N–H and O–H groups in total. The van der Waals surface area contributed by atoms with Crippen LogP contribution >= 0.6 is 0 Å². The van der Waals surface area contributed by atoms with Gasteiger partial charge in [0.15, 0.2) is 0 Å². The molecule has 94 valence electrons. The van der Waals surface area contributed by atoms with Crippen molar-refractivity contribution >= 4 is 0 Å². The Morgan fingerprint density at radius 1 is 1.18 bits per heavy atom. The highest BCUT2D eigenvalue weighted by molar-refractivity contribution is 5.20. The van der Waals surface area contributed by atoms with Crippen LogP contribution in [0, 0.1) is 0 Å². The molecule has 1 saturated heterocycles. The van der Waals surface area contributed by atoms with E-state index in [2.05, 4.69) is 59.8 Å². The van der Waals surface area contributed by atoms with Gasteiger partial charge in [0.2, 0.25) is 0 Å². The summed E-state index contributed by atoms with van der Waals surface area (Å²) in [5.74, 6) is 0. The van der Waals surface area contributed by atoms with Crippen molar-refractivity contribution in [1.29, 1.82) is 0 Å². The lowest BCUT2D eigenvalue weighted by Gasteiger charge is -2.37. The summed E-state index contributed by atoms with van der Waals surface area (Å²) in [7, 11) is 2.05. The molecule has 0 aliphatic carbocycles. The highest BCUT2D eigenvalue weighted by Crippen LogP contribution is 2.20. The van der Waals surface area contributed by atoms with Crippen LogP contribution in [0.1, 0.15) is 18.5 Å². The van der Waals surface area contributed by atoms with Crippen molar-refractivity contribution in [2.24, 2.45) is 0 Å². The Morgan fingerprint density at radius 3 is 2.41 bits per heavy atom. The standard InChI is InChI=1S/C14H23N3/c1-12(17-10-8-16-9-11-17)14(15-2)13-6-4-3-5-7-13/h3-7,12,14-16H,8-11H2,1-2H3. The summed E-state index contributed by atoms with van der Waals surface area (Å²) in [6.45, 7) is 6.82. The van der Waals surface area contributed by atoms with E-state index in [1.54, 1.807) is 0 Å². The van der Waals surface area contributed by atoms with E-state index in [0.717, 1.165) is 26.2 Å². The lowest BCUT2D eigenvalue weighted by molar-refractivity contribution is 0.153. The number of likely N-dealkylation sites (N-methyl/N-ethyl adjacent to an activating group) is 1. The molecule has 1 fully saturated rings. The lowest BCUT2D eigenvalue weighted by atomic mass is 9.99. The Labute approximate surface area is 104 Å². The van der Waals surface area contributed by atoms with Crippen LogP contribution in [0.5, 0.6) is 0 Å². The number of benzene rings is 1. The topological polar surface area (TPSA) is 27.3 Å². The Kier molecular flexibility index (Phi) is 4.54. The van der Waals surface area contributed by atoms with Crippen molar-refractivity contribution < 1.29 is 0 Å². The van der Waals surface area contributed by atoms with Gasteiger partial charge in [-0.15, -0.1) is 0 Å². The van der Waals surface area contributed by atoms with Crippen molar-refractivity contribution in [3.63, 3.8) is 0 Å². The van der Waals surface area contributed by atoms with Gasteiger partial charge < -0.3 is 10.6 Å². The molecule has 0 bridgehead atoms. The minimum Gasteiger partial charge on any atom is -0.314 e. The minimum absolute atomic E-state index is 0.411. The number of hydrogen-bond acceptors (Lipinski definition) is 3. The van der Waals surface area contributed by atoms with Crippen molar-refractivity contribution in [3.05, 3.63) is 35.9 Å². The van der Waals surface area contributed by atoms with E-state index < -0.39 is 0 Å². The molecule has 1 aromatic carbocycles. The van der Waals surface area contributed by atoms with Crippen molar-refractivity contribution in [3.8, 4) is 0 Å². The van der Waals surface area contributed by atoms with E-state index in [-0.39, 0.29) is 0 Å². The first-order valence-corrected chi connectivity index (χ1v) is 6.50. The van der Waals surface area contributed by atoms with Gasteiger partial charge in [-0.2, -0.15) is 0 Å². The molecule has 2 atom stereocenters. The van der Waals surface area contributed by atoms with E-state index in [1.807, 2.05) is 0 Å². The summed E-state index contributed by atoms with van der Waals surface area (Å²) < 4.78 is 0. The third kappa shape index (κ3) is 3.06. The van der Waals surface area contributed by atoms with Crippen LogP contribution < -0.4 is 10.6 Å². The maximum atomic E-state index is 3.45. The molecule has 0 radical (unpaired) electrons. The predicted molar refractivity (Wildman–Crippen MR) is 72.1 cm³/mol. The van der Waals surface area contributed by atoms with Crippen molar-refractivity contribution in [2.75, 3.05) is 33.2 Å². The van der Waals surface area contributed by atoms with E-state index in [0.29, 0.717) is 12.1 Å². The number of rotatable bonds is 4. The van der Waals surface area contributed by atoms with Crippen molar-refractivity contribution in [2.45, 2.75) is 19.0 Å². The molecule has 3 nitrogen and oxygen atoms in total. The summed E-state index contributed by atoms with van der Waals surface area (Å²) in [6, 6.07) is 11.7. The first kappa shape index (κ1) is 12.6. The van der Waals surface area contributed by atoms with Crippen LogP contribution in [0.15, 0.2) is 30.3 Å². The highest BCUT2D eigenvalue weighted by Gasteiger charge is 2.24. The molecule has 1 aromatic rings. The molecule has 0 aromatic heterocycles. The van der Waals surface area contributed by atoms with Gasteiger partial charge in [0, 0.05) is 38.3 Å². The molecular weight excluding hydrogens is 210 g/mol. The average Bonchev–Trinajstić information content (AvgIpc) is 2.42. The summed E-state index contributed by atoms with van der Waals surface area (Å²) in [5, 5.41) is 6.86. The Balaban J connectivity index is 2.07. The predicted octanol–water partition coefficient (Wildman–Crippen LogP) is 1.24. The number of hydrogen-bond donors (Lipinski definition) is 2. The molecule has 0 spiro atoms. The molecular formula is C14H23N3. The molecule has 1 heterocycles. The molecule has 2 rings (SSSR count). The zero-order chi connectivity index (χ0) is 12.1. The number of nitrogens with one attached hydrogen (secondary N) is 2. The second-order valence-electron chi connectivity index (χ2n) is 4.70. The van der Waals surface area contributed by atoms with Gasteiger partial charge >= 0.3 is 0 Å². The van der Waals surface area contributed by atoms with Gasteiger partial charge in [0.25, 0.3) is 0 Å². The van der Waals surface area contributed by atoms with E-state index >= 15 is 0 Å². The van der Waals surface area contributed by atoms with Gasteiger partial charge in [0.1, 0.15) is 0 Å². The smallest absolute Gasteiger partial charge is 0.0473 e. The summed E-state index contributed by atoms with van der Waals surface area (Å²) in [5.41, 5.74) is 1.38. The Hall–Kier alpha value is -0.900. The van der Waals surface area contributed by atoms with Crippen molar-refractivity contribution in [1.82, 2.24) is 15.5 Å². The van der Waals surface area contributed by atoms with Crippen LogP contribution in [-0.4, -0.2) is 44.2 Å². The molecule has 3 heteroatoms. The largest absolute Gasteiger partial charge is 0.314 e. The second-order valence-corrected chi connectivity index (χ2v) is 4.70. The van der Waals surface area contributed by atoms with Gasteiger partial charge in [-0.1, -0.05) is 30.3 Å². The van der Waals surface area contributed by atoms with Gasteiger partial charge in [0.05, 0.1) is 0 Å². The molecule has 1 aliphatic heterocycles. The van der Waals surface area contributed by atoms with E-state index in [4.69, 9.17) is 0 Å². The lowest BCUT2D eigenvalue weighted by Crippen LogP contribution is -2.51. The Morgan fingerprint density at radius 2 is 1.82 bits per heavy atom. The second kappa shape index (κ2) is 6.15. The Bertz CT molecular complexity index is 319. The molecule has 0 amide bonds. The van der Waals surface area contributed by atoms with Gasteiger partial charge in [-0.25, -0.2) is 0 Å². The quantitative estimate of drug-likeness (QED) is 0.819. The molecule has 0 saturated carbocycles. The zero-order valence-electron chi connectivity index (χ0n) is 10.8. The average molecular weight is 233 g/mol. The first-order chi connectivity index (χ1) is 8.33.